The van der Waals surface area contributed by atoms with Gasteiger partial charge in [0.05, 0.1) is 0 Å². The molecule has 0 bridgehead atoms. The first-order valence-electron chi connectivity index (χ1n) is 6.03. The van der Waals surface area contributed by atoms with Crippen LogP contribution in [0.1, 0.15) is 11.1 Å². The molecule has 2 aromatic rings. The molecule has 1 nitrogen and oxygen atoms in total. The predicted octanol–water partition coefficient (Wildman–Crippen LogP) is 4.73. The molecule has 5 heteroatoms. The minimum Gasteiger partial charge on any atom is -0.472 e. The summed E-state index contributed by atoms with van der Waals surface area (Å²) in [7, 11) is 0. The van der Waals surface area contributed by atoms with E-state index in [1.165, 1.54) is 18.2 Å². The predicted molar refractivity (Wildman–Crippen MR) is 70.0 cm³/mol. The first kappa shape index (κ1) is 13.3. The largest absolute Gasteiger partial charge is 0.472 e. The number of benzene rings is 2. The summed E-state index contributed by atoms with van der Waals surface area (Å²) >= 11 is 5.99. The normalized spacial score (nSPS) is 21.4. The molecule has 0 amide bonds. The summed E-state index contributed by atoms with van der Waals surface area (Å²) in [6, 6.07) is 12.3. The molecule has 0 radical (unpaired) electrons. The van der Waals surface area contributed by atoms with Gasteiger partial charge in [0, 0.05) is 22.6 Å². The lowest BCUT2D eigenvalue weighted by Gasteiger charge is -2.31. The van der Waals surface area contributed by atoms with Crippen LogP contribution in [-0.2, 0) is 12.0 Å². The van der Waals surface area contributed by atoms with Gasteiger partial charge in [-0.15, -0.1) is 0 Å². The second kappa shape index (κ2) is 4.42. The summed E-state index contributed by atoms with van der Waals surface area (Å²) in [5.74, 6) is 0.193. The molecule has 0 saturated heterocycles. The fourth-order valence-electron chi connectivity index (χ4n) is 2.47. The molecule has 0 saturated carbocycles. The summed E-state index contributed by atoms with van der Waals surface area (Å²) in [4.78, 5) is 0. The number of halogens is 4. The maximum Gasteiger partial charge on any atom is 0.432 e. The zero-order chi connectivity index (χ0) is 14.4. The lowest BCUT2D eigenvalue weighted by Crippen LogP contribution is -2.46. The Hall–Kier alpha value is -1.68. The minimum absolute atomic E-state index is 0.0831. The van der Waals surface area contributed by atoms with Crippen molar-refractivity contribution in [2.75, 3.05) is 0 Å². The van der Waals surface area contributed by atoms with Gasteiger partial charge in [-0.25, -0.2) is 0 Å². The Balaban J connectivity index is 2.16. The number of hydrogen-bond acceptors (Lipinski definition) is 1. The van der Waals surface area contributed by atoms with Crippen LogP contribution in [0.4, 0.5) is 13.2 Å². The number of rotatable bonds is 1. The third-order valence-corrected chi connectivity index (χ3v) is 3.84. The molecule has 104 valence electrons. The number of hydrogen-bond donors (Lipinski definition) is 0. The zero-order valence-corrected chi connectivity index (χ0v) is 11.0. The molecule has 2 aromatic carbocycles. The molecule has 0 spiro atoms. The Morgan fingerprint density at radius 1 is 1.00 bits per heavy atom. The van der Waals surface area contributed by atoms with Crippen molar-refractivity contribution in [3.05, 3.63) is 64.7 Å². The van der Waals surface area contributed by atoms with Crippen molar-refractivity contribution < 1.29 is 17.9 Å². The maximum atomic E-state index is 13.6. The lowest BCUT2D eigenvalue weighted by molar-refractivity contribution is -0.248. The third kappa shape index (κ3) is 1.86. The fraction of sp³-hybridized carbons (Fsp3) is 0.200. The van der Waals surface area contributed by atoms with Gasteiger partial charge in [0.25, 0.3) is 0 Å². The Bertz CT molecular complexity index is 639. The molecule has 1 unspecified atom stereocenters. The Labute approximate surface area is 118 Å². The third-order valence-electron chi connectivity index (χ3n) is 3.48. The van der Waals surface area contributed by atoms with E-state index in [9.17, 15) is 13.2 Å². The average molecular weight is 299 g/mol. The quantitative estimate of drug-likeness (QED) is 0.739. The second-order valence-corrected chi connectivity index (χ2v) is 5.09. The molecule has 1 aliphatic heterocycles. The summed E-state index contributed by atoms with van der Waals surface area (Å²) in [6.45, 7) is 0. The van der Waals surface area contributed by atoms with Crippen molar-refractivity contribution in [2.45, 2.75) is 18.2 Å². The van der Waals surface area contributed by atoms with E-state index in [4.69, 9.17) is 16.3 Å². The Kier molecular flexibility index (Phi) is 2.94. The molecule has 0 aliphatic carbocycles. The van der Waals surface area contributed by atoms with E-state index < -0.39 is 11.8 Å². The number of ether oxygens (including phenoxy) is 1. The van der Waals surface area contributed by atoms with Gasteiger partial charge in [0.1, 0.15) is 5.75 Å². The molecule has 20 heavy (non-hydrogen) atoms. The van der Waals surface area contributed by atoms with E-state index in [-0.39, 0.29) is 17.7 Å². The van der Waals surface area contributed by atoms with Crippen LogP contribution in [0.15, 0.2) is 48.5 Å². The summed E-state index contributed by atoms with van der Waals surface area (Å²) < 4.78 is 46.2. The van der Waals surface area contributed by atoms with E-state index in [0.717, 1.165) is 0 Å². The van der Waals surface area contributed by atoms with E-state index in [2.05, 4.69) is 0 Å². The van der Waals surface area contributed by atoms with Crippen molar-refractivity contribution in [3.63, 3.8) is 0 Å². The fourth-order valence-corrected chi connectivity index (χ4v) is 2.70. The van der Waals surface area contributed by atoms with Crippen LogP contribution in [0, 0.1) is 0 Å². The Morgan fingerprint density at radius 2 is 1.70 bits per heavy atom. The van der Waals surface area contributed by atoms with Crippen LogP contribution < -0.4 is 4.74 Å². The van der Waals surface area contributed by atoms with E-state index >= 15 is 0 Å². The minimum atomic E-state index is -4.53. The van der Waals surface area contributed by atoms with Crippen LogP contribution in [0.2, 0.25) is 5.02 Å². The number of fused-ring (bicyclic) bond motifs is 1. The van der Waals surface area contributed by atoms with Gasteiger partial charge in [0.2, 0.25) is 5.60 Å². The van der Waals surface area contributed by atoms with Crippen molar-refractivity contribution in [1.29, 1.82) is 0 Å². The van der Waals surface area contributed by atoms with Gasteiger partial charge >= 0.3 is 6.18 Å². The van der Waals surface area contributed by atoms with Gasteiger partial charge in [-0.1, -0.05) is 48.0 Å². The SMILES string of the molecule is FC(F)(F)C1(c2ccccc2)Cc2c(Cl)cccc2O1. The molecule has 0 fully saturated rings. The van der Waals surface area contributed by atoms with Crippen molar-refractivity contribution >= 4 is 11.6 Å². The highest BCUT2D eigenvalue weighted by Crippen LogP contribution is 2.52. The van der Waals surface area contributed by atoms with Crippen LogP contribution in [-0.4, -0.2) is 6.18 Å². The molecular weight excluding hydrogens is 289 g/mol. The van der Waals surface area contributed by atoms with Crippen molar-refractivity contribution in [3.8, 4) is 5.75 Å². The number of alkyl halides is 3. The van der Waals surface area contributed by atoms with Crippen molar-refractivity contribution in [1.82, 2.24) is 0 Å². The first-order chi connectivity index (χ1) is 9.44. The summed E-state index contributed by atoms with van der Waals surface area (Å²) in [5, 5.41) is 0.296. The molecule has 1 atom stereocenters. The van der Waals surface area contributed by atoms with Crippen LogP contribution in [0.25, 0.3) is 0 Å². The standard InChI is InChI=1S/C15H10ClF3O/c16-12-7-4-8-13-11(12)9-14(20-13,15(17,18)19)10-5-2-1-3-6-10/h1-8H,9H2. The monoisotopic (exact) mass is 298 g/mol. The van der Waals surface area contributed by atoms with E-state index in [1.54, 1.807) is 30.3 Å². The van der Waals surface area contributed by atoms with E-state index in [1.807, 2.05) is 0 Å². The van der Waals surface area contributed by atoms with Gasteiger partial charge in [0.15, 0.2) is 0 Å². The van der Waals surface area contributed by atoms with Crippen LogP contribution in [0.5, 0.6) is 5.75 Å². The highest BCUT2D eigenvalue weighted by Gasteiger charge is 2.61. The van der Waals surface area contributed by atoms with Gasteiger partial charge in [-0.3, -0.25) is 0 Å². The van der Waals surface area contributed by atoms with Crippen LogP contribution in [0.3, 0.4) is 0 Å². The topological polar surface area (TPSA) is 9.23 Å². The zero-order valence-electron chi connectivity index (χ0n) is 10.2. The molecule has 0 aromatic heterocycles. The van der Waals surface area contributed by atoms with Crippen molar-refractivity contribution in [2.24, 2.45) is 0 Å². The smallest absolute Gasteiger partial charge is 0.432 e. The lowest BCUT2D eigenvalue weighted by atomic mass is 9.88. The van der Waals surface area contributed by atoms with E-state index in [0.29, 0.717) is 10.6 Å². The van der Waals surface area contributed by atoms with Crippen LogP contribution >= 0.6 is 11.6 Å². The molecular formula is C15H10ClF3O. The molecule has 1 aliphatic rings. The molecule has 1 heterocycles. The van der Waals surface area contributed by atoms with Gasteiger partial charge in [-0.05, 0) is 12.1 Å². The van der Waals surface area contributed by atoms with Gasteiger partial charge < -0.3 is 4.74 Å². The second-order valence-electron chi connectivity index (χ2n) is 4.69. The first-order valence-corrected chi connectivity index (χ1v) is 6.40. The summed E-state index contributed by atoms with van der Waals surface area (Å²) in [6.07, 6.45) is -4.84. The summed E-state index contributed by atoms with van der Waals surface area (Å²) in [5.41, 5.74) is -1.88. The molecule has 0 N–H and O–H groups in total. The van der Waals surface area contributed by atoms with Gasteiger partial charge in [-0.2, -0.15) is 13.2 Å². The highest BCUT2D eigenvalue weighted by molar-refractivity contribution is 6.31. The average Bonchev–Trinajstić information content (AvgIpc) is 2.82. The maximum absolute atomic E-state index is 13.6. The highest BCUT2D eigenvalue weighted by atomic mass is 35.5. The Morgan fingerprint density at radius 3 is 2.30 bits per heavy atom. The molecule has 3 rings (SSSR count).